The van der Waals surface area contributed by atoms with Crippen molar-refractivity contribution in [2.45, 2.75) is 71.1 Å². The van der Waals surface area contributed by atoms with E-state index in [1.54, 1.807) is 6.07 Å². The van der Waals surface area contributed by atoms with E-state index in [2.05, 4.69) is 6.92 Å². The molecule has 0 amide bonds. The second-order valence-electron chi connectivity index (χ2n) is 6.10. The number of halogens is 1. The van der Waals surface area contributed by atoms with E-state index in [4.69, 9.17) is 9.47 Å². The van der Waals surface area contributed by atoms with Crippen LogP contribution in [0.5, 0.6) is 5.75 Å². The van der Waals surface area contributed by atoms with Gasteiger partial charge in [-0.1, -0.05) is 57.6 Å². The Kier molecular flexibility index (Phi) is 11.3. The number of rotatable bonds is 13. The maximum atomic E-state index is 13.3. The molecule has 0 unspecified atom stereocenters. The maximum Gasteiger partial charge on any atom is 0.311 e. The fraction of sp³-hybridized carbons (Fsp3) is 0.600. The van der Waals surface area contributed by atoms with E-state index in [0.29, 0.717) is 13.0 Å². The van der Waals surface area contributed by atoms with Crippen LogP contribution in [0.2, 0.25) is 0 Å². The molecule has 0 aliphatic heterocycles. The Hall–Kier alpha value is -1.91. The summed E-state index contributed by atoms with van der Waals surface area (Å²) in [5.74, 6) is -1.52. The fourth-order valence-electron chi connectivity index (χ4n) is 2.40. The predicted molar refractivity (Wildman–Crippen MR) is 94.8 cm³/mol. The van der Waals surface area contributed by atoms with Crippen LogP contribution in [0.4, 0.5) is 4.39 Å². The Morgan fingerprint density at radius 3 is 2.24 bits per heavy atom. The molecule has 140 valence electrons. The number of esters is 2. The summed E-state index contributed by atoms with van der Waals surface area (Å²) in [7, 11) is 0. The molecule has 4 nitrogen and oxygen atoms in total. The van der Waals surface area contributed by atoms with Crippen LogP contribution in [-0.4, -0.2) is 18.5 Å². The highest BCUT2D eigenvalue weighted by Crippen LogP contribution is 2.16. The van der Waals surface area contributed by atoms with E-state index in [1.807, 2.05) is 0 Å². The Bertz CT molecular complexity index is 516. The number of benzene rings is 1. The molecular weight excluding hydrogens is 323 g/mol. The normalized spacial score (nSPS) is 10.5. The first-order valence-corrected chi connectivity index (χ1v) is 9.24. The number of carbonyl (C=O) groups excluding carboxylic acids is 2. The number of hydrogen-bond acceptors (Lipinski definition) is 4. The molecule has 1 aromatic carbocycles. The van der Waals surface area contributed by atoms with E-state index in [9.17, 15) is 14.0 Å². The van der Waals surface area contributed by atoms with E-state index in [-0.39, 0.29) is 24.6 Å². The van der Waals surface area contributed by atoms with Crippen LogP contribution in [0, 0.1) is 5.82 Å². The van der Waals surface area contributed by atoms with Crippen molar-refractivity contribution in [2.24, 2.45) is 0 Å². The van der Waals surface area contributed by atoms with Gasteiger partial charge in [0.25, 0.3) is 0 Å². The molecule has 0 heterocycles. The first kappa shape index (κ1) is 21.1. The topological polar surface area (TPSA) is 52.6 Å². The van der Waals surface area contributed by atoms with Crippen LogP contribution in [0.3, 0.4) is 0 Å². The third kappa shape index (κ3) is 10.5. The van der Waals surface area contributed by atoms with Gasteiger partial charge in [0, 0.05) is 12.8 Å². The molecule has 0 aromatic heterocycles. The second kappa shape index (κ2) is 13.4. The van der Waals surface area contributed by atoms with Gasteiger partial charge in [-0.15, -0.1) is 0 Å². The molecule has 25 heavy (non-hydrogen) atoms. The average Bonchev–Trinajstić information content (AvgIpc) is 2.59. The number of unbranched alkanes of at least 4 members (excludes halogenated alkanes) is 6. The monoisotopic (exact) mass is 352 g/mol. The Balaban J connectivity index is 2.01. The van der Waals surface area contributed by atoms with Crippen molar-refractivity contribution in [1.82, 2.24) is 0 Å². The molecule has 5 heteroatoms. The van der Waals surface area contributed by atoms with Crippen molar-refractivity contribution >= 4 is 11.9 Å². The van der Waals surface area contributed by atoms with Crippen LogP contribution >= 0.6 is 0 Å². The minimum Gasteiger partial charge on any atom is -0.466 e. The van der Waals surface area contributed by atoms with Crippen molar-refractivity contribution < 1.29 is 23.5 Å². The lowest BCUT2D eigenvalue weighted by Crippen LogP contribution is -2.11. The summed E-state index contributed by atoms with van der Waals surface area (Å²) in [5, 5.41) is 0. The molecule has 0 bridgehead atoms. The van der Waals surface area contributed by atoms with Crippen LogP contribution < -0.4 is 4.74 Å². The standard InChI is InChI=1S/C20H29FO4/c1-2-3-4-5-6-7-10-16-24-19(22)14-11-15-20(23)25-18-13-9-8-12-17(18)21/h8-9,12-13H,2-7,10-11,14-16H2,1H3. The van der Waals surface area contributed by atoms with Crippen molar-refractivity contribution in [2.75, 3.05) is 6.61 Å². The Labute approximate surface area is 149 Å². The quantitative estimate of drug-likeness (QED) is 0.278. The van der Waals surface area contributed by atoms with Gasteiger partial charge in [-0.05, 0) is 25.0 Å². The third-order valence-corrected chi connectivity index (χ3v) is 3.83. The summed E-state index contributed by atoms with van der Waals surface area (Å²) in [5.41, 5.74) is 0. The lowest BCUT2D eigenvalue weighted by atomic mass is 10.1. The minimum atomic E-state index is -0.579. The zero-order valence-corrected chi connectivity index (χ0v) is 15.1. The van der Waals surface area contributed by atoms with Gasteiger partial charge in [0.15, 0.2) is 11.6 Å². The van der Waals surface area contributed by atoms with Gasteiger partial charge >= 0.3 is 11.9 Å². The molecule has 1 aromatic rings. The molecule has 0 fully saturated rings. The summed E-state index contributed by atoms with van der Waals surface area (Å²) < 4.78 is 23.4. The first-order chi connectivity index (χ1) is 12.1. The van der Waals surface area contributed by atoms with E-state index >= 15 is 0 Å². The highest BCUT2D eigenvalue weighted by Gasteiger charge is 2.10. The number of carbonyl (C=O) groups is 2. The van der Waals surface area contributed by atoms with Crippen LogP contribution in [0.1, 0.15) is 71.1 Å². The Morgan fingerprint density at radius 1 is 0.880 bits per heavy atom. The van der Waals surface area contributed by atoms with Gasteiger partial charge in [0.2, 0.25) is 0 Å². The maximum absolute atomic E-state index is 13.3. The van der Waals surface area contributed by atoms with Gasteiger partial charge < -0.3 is 9.47 Å². The van der Waals surface area contributed by atoms with Gasteiger partial charge in [0.05, 0.1) is 6.61 Å². The minimum absolute atomic E-state index is 0.0564. The van der Waals surface area contributed by atoms with E-state index in [0.717, 1.165) is 12.8 Å². The molecule has 0 aliphatic carbocycles. The summed E-state index contributed by atoms with van der Waals surface area (Å²) in [6.45, 7) is 2.63. The molecule has 0 N–H and O–H groups in total. The number of para-hydroxylation sites is 1. The largest absolute Gasteiger partial charge is 0.466 e. The lowest BCUT2D eigenvalue weighted by molar-refractivity contribution is -0.144. The Morgan fingerprint density at radius 2 is 1.52 bits per heavy atom. The molecule has 0 saturated heterocycles. The molecule has 0 aliphatic rings. The predicted octanol–water partition coefficient (Wildman–Crippen LogP) is 5.20. The zero-order chi connectivity index (χ0) is 18.3. The van der Waals surface area contributed by atoms with Crippen molar-refractivity contribution in [1.29, 1.82) is 0 Å². The van der Waals surface area contributed by atoms with Crippen LogP contribution in [-0.2, 0) is 14.3 Å². The molecular formula is C20H29FO4. The van der Waals surface area contributed by atoms with Crippen molar-refractivity contribution in [3.63, 3.8) is 0 Å². The SMILES string of the molecule is CCCCCCCCCOC(=O)CCCC(=O)Oc1ccccc1F. The highest BCUT2D eigenvalue weighted by atomic mass is 19.1. The van der Waals surface area contributed by atoms with Crippen LogP contribution in [0.25, 0.3) is 0 Å². The van der Waals surface area contributed by atoms with Crippen molar-refractivity contribution in [3.05, 3.63) is 30.1 Å². The fourth-order valence-corrected chi connectivity index (χ4v) is 2.40. The van der Waals surface area contributed by atoms with Crippen LogP contribution in [0.15, 0.2) is 24.3 Å². The van der Waals surface area contributed by atoms with Crippen molar-refractivity contribution in [3.8, 4) is 5.75 Å². The molecule has 0 radical (unpaired) electrons. The van der Waals surface area contributed by atoms with Gasteiger partial charge in [-0.25, -0.2) is 4.39 Å². The lowest BCUT2D eigenvalue weighted by Gasteiger charge is -2.06. The molecule has 0 spiro atoms. The number of ether oxygens (including phenoxy) is 2. The molecule has 0 saturated carbocycles. The highest BCUT2D eigenvalue weighted by molar-refractivity contribution is 5.74. The summed E-state index contributed by atoms with van der Waals surface area (Å²) in [6.07, 6.45) is 8.75. The average molecular weight is 352 g/mol. The van der Waals surface area contributed by atoms with Gasteiger partial charge in [-0.3, -0.25) is 9.59 Å². The third-order valence-electron chi connectivity index (χ3n) is 3.83. The molecule has 1 rings (SSSR count). The first-order valence-electron chi connectivity index (χ1n) is 9.24. The summed E-state index contributed by atoms with van der Waals surface area (Å²) >= 11 is 0. The van der Waals surface area contributed by atoms with E-state index in [1.165, 1.54) is 50.3 Å². The zero-order valence-electron chi connectivity index (χ0n) is 15.1. The smallest absolute Gasteiger partial charge is 0.311 e. The second-order valence-corrected chi connectivity index (χ2v) is 6.10. The summed E-state index contributed by atoms with van der Waals surface area (Å²) in [6, 6.07) is 5.73. The summed E-state index contributed by atoms with van der Waals surface area (Å²) in [4.78, 5) is 23.2. The van der Waals surface area contributed by atoms with Gasteiger partial charge in [0.1, 0.15) is 0 Å². The van der Waals surface area contributed by atoms with Gasteiger partial charge in [-0.2, -0.15) is 0 Å². The van der Waals surface area contributed by atoms with E-state index < -0.39 is 11.8 Å². The number of hydrogen-bond donors (Lipinski definition) is 0. The molecule has 0 atom stereocenters.